The van der Waals surface area contributed by atoms with Gasteiger partial charge in [0.25, 0.3) is 0 Å². The second kappa shape index (κ2) is 7.93. The first-order valence-electron chi connectivity index (χ1n) is 8.42. The number of esters is 1. The summed E-state index contributed by atoms with van der Waals surface area (Å²) in [4.78, 5) is 24.5. The molecule has 1 heterocycles. The molecular weight excluding hydrogens is 354 g/mol. The number of hydrogen-bond donors (Lipinski definition) is 1. The summed E-state index contributed by atoms with van der Waals surface area (Å²) < 4.78 is 10.6. The maximum atomic E-state index is 12.5. The minimum atomic E-state index is -1.17. The molecule has 0 fully saturated rings. The Bertz CT molecular complexity index is 821. The number of carbonyl (C=O) groups excluding carboxylic acids is 2. The molecule has 1 aliphatic heterocycles. The molecule has 2 aromatic rings. The third-order valence-electron chi connectivity index (χ3n) is 4.33. The van der Waals surface area contributed by atoms with E-state index in [0.717, 1.165) is 5.56 Å². The van der Waals surface area contributed by atoms with Gasteiger partial charge in [-0.25, -0.2) is 4.79 Å². The summed E-state index contributed by atoms with van der Waals surface area (Å²) in [6.07, 6.45) is 0.564. The van der Waals surface area contributed by atoms with Gasteiger partial charge in [0.15, 0.2) is 5.78 Å². The Hall–Kier alpha value is -2.31. The van der Waals surface area contributed by atoms with Crippen LogP contribution in [0.25, 0.3) is 0 Å². The molecule has 1 aliphatic rings. The van der Waals surface area contributed by atoms with Crippen LogP contribution in [0.1, 0.15) is 39.6 Å². The van der Waals surface area contributed by atoms with E-state index in [-0.39, 0.29) is 24.4 Å². The first kappa shape index (κ1) is 18.5. The Morgan fingerprint density at radius 2 is 2.00 bits per heavy atom. The predicted octanol–water partition coefficient (Wildman–Crippen LogP) is 3.58. The molecule has 0 spiro atoms. The van der Waals surface area contributed by atoms with Crippen LogP contribution in [0.15, 0.2) is 42.5 Å². The van der Waals surface area contributed by atoms with Gasteiger partial charge in [0.05, 0.1) is 6.61 Å². The van der Waals surface area contributed by atoms with E-state index in [9.17, 15) is 14.6 Å². The van der Waals surface area contributed by atoms with Crippen molar-refractivity contribution < 1.29 is 24.0 Å². The molecule has 0 radical (unpaired) electrons. The van der Waals surface area contributed by atoms with Crippen molar-refractivity contribution in [1.82, 2.24) is 0 Å². The maximum Gasteiger partial charge on any atom is 0.526 e. The molecule has 0 amide bonds. The zero-order valence-corrected chi connectivity index (χ0v) is 15.0. The van der Waals surface area contributed by atoms with Gasteiger partial charge in [-0.2, -0.15) is 0 Å². The lowest BCUT2D eigenvalue weighted by molar-refractivity contribution is 0.0523. The smallest absolute Gasteiger partial charge is 0.526 e. The number of Topliss-reactive ketones (excluding diaryl/α,β-unsaturated/α-hetero) is 1. The second-order valence-electron chi connectivity index (χ2n) is 6.12. The van der Waals surface area contributed by atoms with Crippen molar-refractivity contribution in [3.05, 3.63) is 64.2 Å². The van der Waals surface area contributed by atoms with Crippen molar-refractivity contribution >= 4 is 30.5 Å². The number of benzene rings is 2. The van der Waals surface area contributed by atoms with Crippen LogP contribution in [0, 0.1) is 0 Å². The van der Waals surface area contributed by atoms with E-state index < -0.39 is 18.9 Å². The van der Waals surface area contributed by atoms with Crippen molar-refractivity contribution in [2.24, 2.45) is 0 Å². The van der Waals surface area contributed by atoms with Crippen LogP contribution in [0.5, 0.6) is 5.75 Å². The highest BCUT2D eigenvalue weighted by Crippen LogP contribution is 2.37. The summed E-state index contributed by atoms with van der Waals surface area (Å²) in [5, 5.41) is 10.9. The summed E-state index contributed by atoms with van der Waals surface area (Å²) in [5.41, 5.74) is 1.59. The van der Waals surface area contributed by atoms with Crippen molar-refractivity contribution in [3.63, 3.8) is 0 Å². The number of fused-ring (bicyclic) bond motifs is 1. The molecule has 26 heavy (non-hydrogen) atoms. The maximum absolute atomic E-state index is 12.5. The summed E-state index contributed by atoms with van der Waals surface area (Å²) in [7, 11) is -1.17. The fraction of sp³-hybridized carbons (Fsp3) is 0.263. The second-order valence-corrected chi connectivity index (χ2v) is 6.56. The van der Waals surface area contributed by atoms with Crippen LogP contribution in [0.4, 0.5) is 0 Å². The predicted molar refractivity (Wildman–Crippen MR) is 98.9 cm³/mol. The van der Waals surface area contributed by atoms with Crippen LogP contribution >= 0.6 is 11.6 Å². The standard InChI is InChI=1S/C19H18BClO5/c1-2-25-19(23)16-5-3-4-13-10-14(20(24)26-18(13)16)11-17(22)12-6-8-15(21)9-7-12/h3-9,14,24H,2,10-11H2,1H3/t14-/m1/s1. The minimum Gasteiger partial charge on any atom is -0.535 e. The molecule has 2 aromatic carbocycles. The zero-order chi connectivity index (χ0) is 18.7. The van der Waals surface area contributed by atoms with Crippen molar-refractivity contribution in [2.75, 3.05) is 6.61 Å². The lowest BCUT2D eigenvalue weighted by atomic mass is 9.64. The Morgan fingerprint density at radius 3 is 2.69 bits per heavy atom. The first-order chi connectivity index (χ1) is 12.5. The third-order valence-corrected chi connectivity index (χ3v) is 4.58. The topological polar surface area (TPSA) is 72.8 Å². The zero-order valence-electron chi connectivity index (χ0n) is 14.3. The van der Waals surface area contributed by atoms with Gasteiger partial charge in [0, 0.05) is 22.8 Å². The normalized spacial score (nSPS) is 15.8. The Morgan fingerprint density at radius 1 is 1.27 bits per heavy atom. The van der Waals surface area contributed by atoms with Crippen LogP contribution < -0.4 is 4.65 Å². The minimum absolute atomic E-state index is 0.0979. The Balaban J connectivity index is 1.77. The van der Waals surface area contributed by atoms with E-state index in [4.69, 9.17) is 21.0 Å². The summed E-state index contributed by atoms with van der Waals surface area (Å²) in [6.45, 7) is 1.98. The van der Waals surface area contributed by atoms with Gasteiger partial charge < -0.3 is 14.4 Å². The molecule has 0 saturated heterocycles. The monoisotopic (exact) mass is 372 g/mol. The van der Waals surface area contributed by atoms with Crippen LogP contribution in [-0.2, 0) is 11.2 Å². The van der Waals surface area contributed by atoms with E-state index in [1.54, 1.807) is 43.3 Å². The number of ketones is 1. The SMILES string of the molecule is CCOC(=O)c1cccc2c1OB(O)[C@@H](CC(=O)c1ccc(Cl)cc1)C2. The van der Waals surface area contributed by atoms with E-state index in [2.05, 4.69) is 0 Å². The lowest BCUT2D eigenvalue weighted by Gasteiger charge is -2.28. The molecular formula is C19H18BClO5. The molecule has 0 bridgehead atoms. The van der Waals surface area contributed by atoms with E-state index in [1.165, 1.54) is 0 Å². The van der Waals surface area contributed by atoms with Gasteiger partial charge in [-0.3, -0.25) is 4.79 Å². The molecule has 0 unspecified atom stereocenters. The molecule has 0 aromatic heterocycles. The molecule has 134 valence electrons. The van der Waals surface area contributed by atoms with Gasteiger partial charge in [-0.1, -0.05) is 23.7 Å². The number of ether oxygens (including phenoxy) is 1. The van der Waals surface area contributed by atoms with Crippen LogP contribution in [0.2, 0.25) is 10.8 Å². The van der Waals surface area contributed by atoms with E-state index in [1.807, 2.05) is 6.07 Å². The highest BCUT2D eigenvalue weighted by atomic mass is 35.5. The van der Waals surface area contributed by atoms with Crippen LogP contribution in [0.3, 0.4) is 0 Å². The number of carbonyl (C=O) groups is 2. The molecule has 0 aliphatic carbocycles. The highest BCUT2D eigenvalue weighted by Gasteiger charge is 2.38. The van der Waals surface area contributed by atoms with Gasteiger partial charge in [-0.15, -0.1) is 0 Å². The van der Waals surface area contributed by atoms with E-state index in [0.29, 0.717) is 22.8 Å². The molecule has 1 N–H and O–H groups in total. The number of halogens is 1. The molecule has 3 rings (SSSR count). The highest BCUT2D eigenvalue weighted by molar-refractivity contribution is 6.47. The summed E-state index contributed by atoms with van der Waals surface area (Å²) in [5.74, 6) is -0.664. The molecule has 1 atom stereocenters. The van der Waals surface area contributed by atoms with Gasteiger partial charge in [-0.05, 0) is 49.2 Å². The van der Waals surface area contributed by atoms with Gasteiger partial charge >= 0.3 is 13.1 Å². The molecule has 0 saturated carbocycles. The van der Waals surface area contributed by atoms with Crippen molar-refractivity contribution in [1.29, 1.82) is 0 Å². The van der Waals surface area contributed by atoms with Crippen LogP contribution in [-0.4, -0.2) is 30.5 Å². The fourth-order valence-electron chi connectivity index (χ4n) is 3.02. The fourth-order valence-corrected chi connectivity index (χ4v) is 3.15. The summed E-state index contributed by atoms with van der Waals surface area (Å²) in [6, 6.07) is 11.8. The van der Waals surface area contributed by atoms with Crippen molar-refractivity contribution in [2.45, 2.75) is 25.6 Å². The number of rotatable bonds is 5. The average molecular weight is 373 g/mol. The number of para-hydroxylation sites is 1. The first-order valence-corrected chi connectivity index (χ1v) is 8.80. The quantitative estimate of drug-likeness (QED) is 0.493. The largest absolute Gasteiger partial charge is 0.535 e. The van der Waals surface area contributed by atoms with Gasteiger partial charge in [0.1, 0.15) is 11.3 Å². The molecule has 7 heteroatoms. The van der Waals surface area contributed by atoms with Crippen molar-refractivity contribution in [3.8, 4) is 5.75 Å². The molecule has 5 nitrogen and oxygen atoms in total. The van der Waals surface area contributed by atoms with Gasteiger partial charge in [0.2, 0.25) is 0 Å². The Labute approximate surface area is 157 Å². The Kier molecular flexibility index (Phi) is 5.64. The summed E-state index contributed by atoms with van der Waals surface area (Å²) >= 11 is 5.84. The average Bonchev–Trinajstić information content (AvgIpc) is 2.62. The number of hydrogen-bond acceptors (Lipinski definition) is 5. The third kappa shape index (κ3) is 3.92. The lowest BCUT2D eigenvalue weighted by Crippen LogP contribution is -2.36. The van der Waals surface area contributed by atoms with E-state index >= 15 is 0 Å².